The number of alkyl halides is 4. The maximum absolute atomic E-state index is 11.9. The SMILES string of the molecule is CCCC(F)(F)OC.CCCC(F)(F)OC.COCCOC. The van der Waals surface area contributed by atoms with Gasteiger partial charge in [0.15, 0.2) is 0 Å². The fourth-order valence-corrected chi connectivity index (χ4v) is 0.953. The number of hydrogen-bond acceptors (Lipinski definition) is 4. The smallest absolute Gasteiger partial charge is 0.355 e. The van der Waals surface area contributed by atoms with Crippen LogP contribution < -0.4 is 0 Å². The number of rotatable bonds is 9. The van der Waals surface area contributed by atoms with Gasteiger partial charge in [-0.3, -0.25) is 0 Å². The summed E-state index contributed by atoms with van der Waals surface area (Å²) in [5.74, 6) is 0. The minimum atomic E-state index is -2.91. The highest BCUT2D eigenvalue weighted by Gasteiger charge is 2.26. The van der Waals surface area contributed by atoms with E-state index in [4.69, 9.17) is 0 Å². The van der Waals surface area contributed by atoms with E-state index in [1.54, 1.807) is 28.1 Å². The molecule has 0 spiro atoms. The van der Waals surface area contributed by atoms with Crippen LogP contribution >= 0.6 is 0 Å². The monoisotopic (exact) mass is 338 g/mol. The number of methoxy groups -OCH3 is 4. The molecule has 0 fully saturated rings. The molecule has 0 saturated heterocycles. The molecule has 0 aromatic heterocycles. The van der Waals surface area contributed by atoms with Gasteiger partial charge in [0.25, 0.3) is 0 Å². The Labute approximate surface area is 131 Å². The van der Waals surface area contributed by atoms with E-state index in [9.17, 15) is 17.6 Å². The maximum atomic E-state index is 11.9. The summed E-state index contributed by atoms with van der Waals surface area (Å²) in [5.41, 5.74) is 0. The van der Waals surface area contributed by atoms with Crippen LogP contribution in [0.1, 0.15) is 39.5 Å². The van der Waals surface area contributed by atoms with Gasteiger partial charge in [-0.25, -0.2) is 0 Å². The van der Waals surface area contributed by atoms with Crippen molar-refractivity contribution in [3.05, 3.63) is 0 Å². The second-order valence-electron chi connectivity index (χ2n) is 4.17. The molecule has 0 aromatic rings. The molecule has 0 heterocycles. The minimum absolute atomic E-state index is 0.191. The summed E-state index contributed by atoms with van der Waals surface area (Å²) in [6.07, 6.45) is -5.31. The summed E-state index contributed by atoms with van der Waals surface area (Å²) in [4.78, 5) is 0. The summed E-state index contributed by atoms with van der Waals surface area (Å²) in [5, 5.41) is 0. The first kappa shape index (κ1) is 26.5. The molecule has 0 unspecified atom stereocenters. The van der Waals surface area contributed by atoms with Crippen LogP contribution in [0.15, 0.2) is 0 Å². The van der Waals surface area contributed by atoms with Crippen LogP contribution in [0.3, 0.4) is 0 Å². The van der Waals surface area contributed by atoms with Crippen LogP contribution in [0.5, 0.6) is 0 Å². The lowest BCUT2D eigenvalue weighted by molar-refractivity contribution is -0.225. The second kappa shape index (κ2) is 16.9. The van der Waals surface area contributed by atoms with Crippen LogP contribution in [0.25, 0.3) is 0 Å². The molecule has 0 aliphatic rings. The van der Waals surface area contributed by atoms with Gasteiger partial charge in [-0.05, 0) is 12.8 Å². The van der Waals surface area contributed by atoms with Crippen LogP contribution in [-0.2, 0) is 18.9 Å². The highest BCUT2D eigenvalue weighted by molar-refractivity contribution is 4.48. The van der Waals surface area contributed by atoms with Crippen molar-refractivity contribution in [2.24, 2.45) is 0 Å². The number of ether oxygens (including phenoxy) is 4. The number of hydrogen-bond donors (Lipinski definition) is 0. The molecule has 4 nitrogen and oxygen atoms in total. The third-order valence-corrected chi connectivity index (χ3v) is 2.17. The van der Waals surface area contributed by atoms with Gasteiger partial charge in [-0.1, -0.05) is 13.8 Å². The van der Waals surface area contributed by atoms with E-state index in [1.807, 2.05) is 0 Å². The van der Waals surface area contributed by atoms with Crippen molar-refractivity contribution >= 4 is 0 Å². The van der Waals surface area contributed by atoms with E-state index in [-0.39, 0.29) is 12.8 Å². The van der Waals surface area contributed by atoms with Gasteiger partial charge in [-0.2, -0.15) is 17.6 Å². The molecule has 0 rings (SSSR count). The van der Waals surface area contributed by atoms with Crippen molar-refractivity contribution in [3.8, 4) is 0 Å². The Morgan fingerprint density at radius 2 is 0.909 bits per heavy atom. The van der Waals surface area contributed by atoms with Crippen molar-refractivity contribution in [3.63, 3.8) is 0 Å². The van der Waals surface area contributed by atoms with Crippen LogP contribution in [0.4, 0.5) is 17.6 Å². The first-order valence-electron chi connectivity index (χ1n) is 7.00. The van der Waals surface area contributed by atoms with Crippen LogP contribution in [0, 0.1) is 0 Å². The van der Waals surface area contributed by atoms with Crippen LogP contribution in [0.2, 0.25) is 0 Å². The first-order chi connectivity index (χ1) is 10.2. The zero-order chi connectivity index (χ0) is 18.1. The van der Waals surface area contributed by atoms with E-state index in [1.165, 1.54) is 0 Å². The van der Waals surface area contributed by atoms with Crippen LogP contribution in [-0.4, -0.2) is 53.9 Å². The molecule has 0 amide bonds. The molecule has 0 N–H and O–H groups in total. The predicted molar refractivity (Wildman–Crippen MR) is 77.5 cm³/mol. The molecule has 138 valence electrons. The largest absolute Gasteiger partial charge is 0.382 e. The Bertz CT molecular complexity index is 195. The van der Waals surface area contributed by atoms with E-state index < -0.39 is 12.2 Å². The summed E-state index contributed by atoms with van der Waals surface area (Å²) in [7, 11) is 5.32. The minimum Gasteiger partial charge on any atom is -0.382 e. The average Bonchev–Trinajstić information content (AvgIpc) is 2.46. The van der Waals surface area contributed by atoms with Crippen molar-refractivity contribution in [2.75, 3.05) is 41.7 Å². The highest BCUT2D eigenvalue weighted by atomic mass is 19.3. The van der Waals surface area contributed by atoms with Gasteiger partial charge >= 0.3 is 12.2 Å². The molecular formula is C14H30F4O4. The molecule has 0 aromatic carbocycles. The molecular weight excluding hydrogens is 308 g/mol. The normalized spacial score (nSPS) is 11.2. The molecule has 0 radical (unpaired) electrons. The van der Waals surface area contributed by atoms with Gasteiger partial charge in [0, 0.05) is 41.3 Å². The summed E-state index contributed by atoms with van der Waals surface area (Å²) in [6.45, 7) is 4.76. The average molecular weight is 338 g/mol. The lowest BCUT2D eigenvalue weighted by Gasteiger charge is -2.10. The van der Waals surface area contributed by atoms with Gasteiger partial charge in [0.2, 0.25) is 0 Å². The first-order valence-corrected chi connectivity index (χ1v) is 7.00. The van der Waals surface area contributed by atoms with Gasteiger partial charge in [0.05, 0.1) is 13.2 Å². The molecule has 0 aliphatic heterocycles. The lowest BCUT2D eigenvalue weighted by atomic mass is 10.3. The van der Waals surface area contributed by atoms with Crippen molar-refractivity contribution < 1.29 is 36.5 Å². The third kappa shape index (κ3) is 24.6. The summed E-state index contributed by atoms with van der Waals surface area (Å²) in [6, 6.07) is 0. The van der Waals surface area contributed by atoms with Gasteiger partial charge in [0.1, 0.15) is 0 Å². The summed E-state index contributed by atoms with van der Waals surface area (Å²) < 4.78 is 64.7. The molecule has 0 aliphatic carbocycles. The third-order valence-electron chi connectivity index (χ3n) is 2.17. The molecule has 0 saturated carbocycles. The predicted octanol–water partition coefficient (Wildman–Crippen LogP) is 4.33. The maximum Gasteiger partial charge on any atom is 0.355 e. The fraction of sp³-hybridized carbons (Fsp3) is 1.00. The molecule has 0 atom stereocenters. The zero-order valence-electron chi connectivity index (χ0n) is 14.4. The van der Waals surface area contributed by atoms with Crippen molar-refractivity contribution in [2.45, 2.75) is 51.7 Å². The molecule has 0 bridgehead atoms. The van der Waals surface area contributed by atoms with E-state index in [0.29, 0.717) is 26.1 Å². The Hall–Kier alpha value is -0.440. The Kier molecular flexibility index (Phi) is 20.4. The summed E-state index contributed by atoms with van der Waals surface area (Å²) >= 11 is 0. The molecule has 22 heavy (non-hydrogen) atoms. The topological polar surface area (TPSA) is 36.9 Å². The van der Waals surface area contributed by atoms with Gasteiger partial charge in [-0.15, -0.1) is 0 Å². The van der Waals surface area contributed by atoms with E-state index in [0.717, 1.165) is 14.2 Å². The van der Waals surface area contributed by atoms with E-state index >= 15 is 0 Å². The van der Waals surface area contributed by atoms with Gasteiger partial charge < -0.3 is 18.9 Å². The Morgan fingerprint density at radius 1 is 0.636 bits per heavy atom. The van der Waals surface area contributed by atoms with E-state index in [2.05, 4.69) is 18.9 Å². The zero-order valence-corrected chi connectivity index (χ0v) is 14.4. The Balaban J connectivity index is -0.000000249. The fourth-order valence-electron chi connectivity index (χ4n) is 0.953. The quantitative estimate of drug-likeness (QED) is 0.463. The van der Waals surface area contributed by atoms with Crippen molar-refractivity contribution in [1.29, 1.82) is 0 Å². The van der Waals surface area contributed by atoms with Crippen molar-refractivity contribution in [1.82, 2.24) is 0 Å². The highest BCUT2D eigenvalue weighted by Crippen LogP contribution is 2.20. The lowest BCUT2D eigenvalue weighted by Crippen LogP contribution is -2.17. The standard InChI is InChI=1S/2C5H10F2O.C4H10O2/c2*1-3-4-5(6,7)8-2;1-5-3-4-6-2/h2*3-4H2,1-2H3;3-4H2,1-2H3. The molecule has 8 heteroatoms. The number of halogens is 4. The Morgan fingerprint density at radius 3 is 1.00 bits per heavy atom. The second-order valence-corrected chi connectivity index (χ2v) is 4.17.